The zero-order valence-electron chi connectivity index (χ0n) is 21.6. The maximum absolute atomic E-state index is 4.87. The zero-order valence-corrected chi connectivity index (χ0v) is 22.4. The van der Waals surface area contributed by atoms with Crippen LogP contribution >= 0.6 is 11.8 Å². The summed E-state index contributed by atoms with van der Waals surface area (Å²) in [7, 11) is 2.14. The summed E-state index contributed by atoms with van der Waals surface area (Å²) in [4.78, 5) is 26.4. The molecule has 5 aromatic rings. The predicted octanol–water partition coefficient (Wildman–Crippen LogP) is 4.66. The summed E-state index contributed by atoms with van der Waals surface area (Å²) in [6.45, 7) is 8.28. The van der Waals surface area contributed by atoms with Crippen molar-refractivity contribution < 1.29 is 0 Å². The summed E-state index contributed by atoms with van der Waals surface area (Å²) >= 11 is 1.64. The van der Waals surface area contributed by atoms with Crippen molar-refractivity contribution in [3.8, 4) is 0 Å². The van der Waals surface area contributed by atoms with Crippen LogP contribution in [0.3, 0.4) is 0 Å². The van der Waals surface area contributed by atoms with E-state index in [9.17, 15) is 0 Å². The third kappa shape index (κ3) is 4.61. The highest BCUT2D eigenvalue weighted by Crippen LogP contribution is 2.31. The number of aryl methyl sites for hydroxylation is 2. The van der Waals surface area contributed by atoms with Crippen LogP contribution in [0.4, 0.5) is 11.6 Å². The standard InChI is InChI=1S/C27H31N9S/c1-17-5-7-20(8-6-17)15-37-27-32-26-31-19(3)13-23(36(26)33-27)35-12-10-18(2)22(14-35)34(4)25-21-9-11-28-24(21)29-16-30-25/h5-9,11,13,16,18,22H,10,12,14-15H2,1-4H3,(H,28,29,30)/t18-,22+/m1/s1. The number of anilines is 2. The number of aromatic amines is 1. The maximum Gasteiger partial charge on any atom is 0.255 e. The highest BCUT2D eigenvalue weighted by molar-refractivity contribution is 7.98. The van der Waals surface area contributed by atoms with E-state index in [1.165, 1.54) is 11.1 Å². The first-order chi connectivity index (χ1) is 18.0. The van der Waals surface area contributed by atoms with Crippen LogP contribution < -0.4 is 9.80 Å². The molecule has 10 heteroatoms. The number of fused-ring (bicyclic) bond motifs is 2. The Bertz CT molecular complexity index is 1540. The van der Waals surface area contributed by atoms with Crippen molar-refractivity contribution >= 4 is 40.2 Å². The molecule has 0 saturated carbocycles. The van der Waals surface area contributed by atoms with E-state index in [1.54, 1.807) is 18.1 Å². The number of hydrogen-bond acceptors (Lipinski definition) is 8. The number of H-pyrrole nitrogens is 1. The first kappa shape index (κ1) is 23.7. The van der Waals surface area contributed by atoms with Crippen LogP contribution in [0, 0.1) is 19.8 Å². The largest absolute Gasteiger partial charge is 0.354 e. The van der Waals surface area contributed by atoms with Gasteiger partial charge in [-0.1, -0.05) is 48.5 Å². The number of nitrogens with zero attached hydrogens (tertiary/aromatic N) is 8. The summed E-state index contributed by atoms with van der Waals surface area (Å²) in [5.41, 5.74) is 4.33. The SMILES string of the molecule is Cc1ccc(CSc2nc3nc(C)cc(N4CC[C@@H](C)[C@@H](N(C)c5ncnc6[nH]ccc56)C4)n3n2)cc1. The van der Waals surface area contributed by atoms with Crippen molar-refractivity contribution in [2.24, 2.45) is 5.92 Å². The average molecular weight is 514 g/mol. The summed E-state index contributed by atoms with van der Waals surface area (Å²) < 4.78 is 1.91. The molecular weight excluding hydrogens is 482 g/mol. The van der Waals surface area contributed by atoms with Crippen LogP contribution in [-0.2, 0) is 5.75 Å². The Morgan fingerprint density at radius 3 is 2.78 bits per heavy atom. The predicted molar refractivity (Wildman–Crippen MR) is 148 cm³/mol. The number of rotatable bonds is 6. The van der Waals surface area contributed by atoms with Gasteiger partial charge in [-0.15, -0.1) is 5.10 Å². The molecule has 6 rings (SSSR count). The molecule has 2 atom stereocenters. The molecule has 0 bridgehead atoms. The van der Waals surface area contributed by atoms with Crippen LogP contribution in [0.2, 0.25) is 0 Å². The van der Waals surface area contributed by atoms with E-state index in [-0.39, 0.29) is 6.04 Å². The second-order valence-corrected chi connectivity index (χ2v) is 10.9. The first-order valence-electron chi connectivity index (χ1n) is 12.6. The van der Waals surface area contributed by atoms with E-state index in [1.807, 2.05) is 23.7 Å². The number of piperidine rings is 1. The van der Waals surface area contributed by atoms with Gasteiger partial charge in [-0.25, -0.2) is 15.0 Å². The molecule has 0 radical (unpaired) electrons. The van der Waals surface area contributed by atoms with Gasteiger partial charge in [0.25, 0.3) is 5.78 Å². The average Bonchev–Trinajstić information content (AvgIpc) is 3.54. The molecule has 0 aliphatic carbocycles. The Kier molecular flexibility index (Phi) is 6.19. The van der Waals surface area contributed by atoms with Gasteiger partial charge < -0.3 is 14.8 Å². The molecule has 1 aliphatic heterocycles. The van der Waals surface area contributed by atoms with Crippen molar-refractivity contribution in [2.45, 2.75) is 44.1 Å². The second kappa shape index (κ2) is 9.66. The molecule has 0 amide bonds. The number of hydrogen-bond donors (Lipinski definition) is 1. The minimum Gasteiger partial charge on any atom is -0.354 e. The van der Waals surface area contributed by atoms with Crippen LogP contribution in [0.1, 0.15) is 30.2 Å². The summed E-state index contributed by atoms with van der Waals surface area (Å²) in [5, 5.41) is 6.66. The van der Waals surface area contributed by atoms with Crippen molar-refractivity contribution in [3.05, 3.63) is 65.7 Å². The van der Waals surface area contributed by atoms with Gasteiger partial charge in [0.2, 0.25) is 5.16 Å². The Morgan fingerprint density at radius 2 is 1.95 bits per heavy atom. The fourth-order valence-electron chi connectivity index (χ4n) is 5.13. The molecule has 1 fully saturated rings. The van der Waals surface area contributed by atoms with Gasteiger partial charge in [0, 0.05) is 43.8 Å². The number of aromatic nitrogens is 7. The molecule has 1 aromatic carbocycles. The molecule has 1 aliphatic rings. The molecule has 190 valence electrons. The third-order valence-corrected chi connectivity index (χ3v) is 8.21. The molecular formula is C27H31N9S. The van der Waals surface area contributed by atoms with Crippen molar-refractivity contribution in [1.29, 1.82) is 0 Å². The van der Waals surface area contributed by atoms with E-state index in [4.69, 9.17) is 10.1 Å². The van der Waals surface area contributed by atoms with Gasteiger partial charge >= 0.3 is 0 Å². The van der Waals surface area contributed by atoms with Crippen LogP contribution in [0.15, 0.2) is 54.1 Å². The number of nitrogens with one attached hydrogen (secondary N) is 1. The molecule has 0 unspecified atom stereocenters. The Morgan fingerprint density at radius 1 is 1.11 bits per heavy atom. The van der Waals surface area contributed by atoms with Crippen molar-refractivity contribution in [1.82, 2.24) is 34.5 Å². The normalized spacial score (nSPS) is 18.1. The summed E-state index contributed by atoms with van der Waals surface area (Å²) in [6.07, 6.45) is 4.63. The minimum absolute atomic E-state index is 0.282. The molecule has 4 aromatic heterocycles. The quantitative estimate of drug-likeness (QED) is 0.328. The number of likely N-dealkylation sites (N-methyl/N-ethyl adjacent to an activating group) is 1. The smallest absolute Gasteiger partial charge is 0.255 e. The molecule has 9 nitrogen and oxygen atoms in total. The van der Waals surface area contributed by atoms with Gasteiger partial charge in [0.1, 0.15) is 23.6 Å². The van der Waals surface area contributed by atoms with Gasteiger partial charge in [0.15, 0.2) is 0 Å². The summed E-state index contributed by atoms with van der Waals surface area (Å²) in [5.74, 6) is 3.98. The van der Waals surface area contributed by atoms with Crippen LogP contribution in [0.5, 0.6) is 0 Å². The van der Waals surface area contributed by atoms with Crippen LogP contribution in [-0.4, -0.2) is 60.7 Å². The molecule has 1 N–H and O–H groups in total. The Hall–Kier alpha value is -3.66. The third-order valence-electron chi connectivity index (χ3n) is 7.30. The van der Waals surface area contributed by atoms with E-state index < -0.39 is 0 Å². The first-order valence-corrected chi connectivity index (χ1v) is 13.6. The highest BCUT2D eigenvalue weighted by atomic mass is 32.2. The molecule has 5 heterocycles. The van der Waals surface area contributed by atoms with Gasteiger partial charge in [-0.3, -0.25) is 0 Å². The van der Waals surface area contributed by atoms with E-state index in [0.29, 0.717) is 11.7 Å². The Labute approximate surface area is 220 Å². The fourth-order valence-corrected chi connectivity index (χ4v) is 5.90. The minimum atomic E-state index is 0.282. The Balaban J connectivity index is 1.27. The molecule has 1 saturated heterocycles. The van der Waals surface area contributed by atoms with Crippen molar-refractivity contribution in [3.63, 3.8) is 0 Å². The van der Waals surface area contributed by atoms with E-state index >= 15 is 0 Å². The highest BCUT2D eigenvalue weighted by Gasteiger charge is 2.32. The molecule has 37 heavy (non-hydrogen) atoms. The van der Waals surface area contributed by atoms with Crippen LogP contribution in [0.25, 0.3) is 16.8 Å². The summed E-state index contributed by atoms with van der Waals surface area (Å²) in [6, 6.07) is 13.1. The lowest BCUT2D eigenvalue weighted by Gasteiger charge is -2.43. The lowest BCUT2D eigenvalue weighted by Crippen LogP contribution is -2.51. The maximum atomic E-state index is 4.87. The van der Waals surface area contributed by atoms with E-state index in [2.05, 4.69) is 81.0 Å². The van der Waals surface area contributed by atoms with Crippen molar-refractivity contribution in [2.75, 3.05) is 29.9 Å². The van der Waals surface area contributed by atoms with Gasteiger partial charge in [-0.05, 0) is 37.8 Å². The fraction of sp³-hybridized carbons (Fsp3) is 0.370. The van der Waals surface area contributed by atoms with Gasteiger partial charge in [0.05, 0.1) is 11.4 Å². The lowest BCUT2D eigenvalue weighted by molar-refractivity contribution is 0.365. The monoisotopic (exact) mass is 513 g/mol. The van der Waals surface area contributed by atoms with E-state index in [0.717, 1.165) is 58.8 Å². The second-order valence-electron chi connectivity index (χ2n) is 9.96. The lowest BCUT2D eigenvalue weighted by atomic mass is 9.92. The van der Waals surface area contributed by atoms with Gasteiger partial charge in [-0.2, -0.15) is 9.50 Å². The number of thioether (sulfide) groups is 1. The zero-order chi connectivity index (χ0) is 25.5. The molecule has 0 spiro atoms. The topological polar surface area (TPSA) is 91.1 Å². The number of benzene rings is 1.